The molecule has 0 saturated heterocycles. The molecule has 0 aromatic heterocycles. The summed E-state index contributed by atoms with van der Waals surface area (Å²) in [4.78, 5) is 0. The highest BCUT2D eigenvalue weighted by Crippen LogP contribution is 2.27. The molecule has 0 fully saturated rings. The van der Waals surface area contributed by atoms with Crippen molar-refractivity contribution in [3.63, 3.8) is 0 Å². The van der Waals surface area contributed by atoms with Crippen molar-refractivity contribution in [1.29, 1.82) is 0 Å². The maximum Gasteiger partial charge on any atom is 0.161 e. The molecule has 3 N–H and O–H groups in total. The average Bonchev–Trinajstić information content (AvgIpc) is 1.95. The Balaban J connectivity index is 0.00000121. The first kappa shape index (κ1) is 10.9. The Morgan fingerprint density at radius 1 is 1.50 bits per heavy atom. The Bertz CT molecular complexity index is 253. The van der Waals surface area contributed by atoms with Crippen molar-refractivity contribution in [2.24, 2.45) is 0 Å². The van der Waals surface area contributed by atoms with E-state index in [1.807, 2.05) is 6.92 Å². The number of rotatable bonds is 2. The fourth-order valence-electron chi connectivity index (χ4n) is 0.812. The second kappa shape index (κ2) is 4.72. The van der Waals surface area contributed by atoms with E-state index in [0.29, 0.717) is 18.0 Å². The molecule has 0 spiro atoms. The zero-order valence-corrected chi connectivity index (χ0v) is 7.60. The molecule has 0 aliphatic rings. The van der Waals surface area contributed by atoms with Crippen LogP contribution < -0.4 is 10.5 Å². The number of phenols is 1. The van der Waals surface area contributed by atoms with Crippen LogP contribution in [-0.2, 0) is 0 Å². The summed E-state index contributed by atoms with van der Waals surface area (Å²) in [6.07, 6.45) is 0. The predicted octanol–water partition coefficient (Wildman–Crippen LogP) is 1.79. The summed E-state index contributed by atoms with van der Waals surface area (Å²) in [6.45, 7) is 2.40. The number of nitrogen functional groups attached to an aromatic ring is 1. The summed E-state index contributed by atoms with van der Waals surface area (Å²) in [5.41, 5.74) is 5.94. The van der Waals surface area contributed by atoms with E-state index in [1.54, 1.807) is 12.1 Å². The second-order valence-electron chi connectivity index (χ2n) is 2.16. The van der Waals surface area contributed by atoms with Crippen LogP contribution in [0.25, 0.3) is 0 Å². The molecular weight excluding hydrogens is 178 g/mol. The third kappa shape index (κ3) is 2.51. The number of hydrogen-bond donors (Lipinski definition) is 2. The number of halogens is 1. The molecule has 0 unspecified atom stereocenters. The number of hydrogen-bond acceptors (Lipinski definition) is 3. The fraction of sp³-hybridized carbons (Fsp3) is 0.250. The monoisotopic (exact) mass is 189 g/mol. The topological polar surface area (TPSA) is 55.5 Å². The van der Waals surface area contributed by atoms with Crippen LogP contribution in [0.2, 0.25) is 0 Å². The molecule has 4 heteroatoms. The molecule has 0 bridgehead atoms. The van der Waals surface area contributed by atoms with Crippen LogP contribution >= 0.6 is 12.4 Å². The number of aromatic hydroxyl groups is 1. The minimum Gasteiger partial charge on any atom is -0.504 e. The average molecular weight is 190 g/mol. The number of phenolic OH excluding ortho intramolecular Hbond substituents is 1. The van der Waals surface area contributed by atoms with Gasteiger partial charge in [-0.05, 0) is 19.1 Å². The Morgan fingerprint density at radius 2 is 2.17 bits per heavy atom. The quantitative estimate of drug-likeness (QED) is 0.698. The highest BCUT2D eigenvalue weighted by atomic mass is 35.5. The zero-order chi connectivity index (χ0) is 8.27. The molecule has 12 heavy (non-hydrogen) atoms. The summed E-state index contributed by atoms with van der Waals surface area (Å²) < 4.78 is 5.09. The van der Waals surface area contributed by atoms with Gasteiger partial charge in [0, 0.05) is 11.8 Å². The Morgan fingerprint density at radius 3 is 2.67 bits per heavy atom. The Hall–Kier alpha value is -1.09. The van der Waals surface area contributed by atoms with E-state index in [1.165, 1.54) is 6.07 Å². The van der Waals surface area contributed by atoms with Crippen LogP contribution in [0.4, 0.5) is 5.69 Å². The minimum absolute atomic E-state index is 0. The van der Waals surface area contributed by atoms with Gasteiger partial charge in [-0.25, -0.2) is 0 Å². The highest BCUT2D eigenvalue weighted by molar-refractivity contribution is 5.85. The van der Waals surface area contributed by atoms with Gasteiger partial charge in [0.15, 0.2) is 11.5 Å². The first-order valence-electron chi connectivity index (χ1n) is 3.45. The molecule has 0 amide bonds. The summed E-state index contributed by atoms with van der Waals surface area (Å²) in [7, 11) is 0. The highest BCUT2D eigenvalue weighted by Gasteiger charge is 1.99. The number of nitrogens with two attached hydrogens (primary N) is 1. The normalized spacial score (nSPS) is 8.75. The van der Waals surface area contributed by atoms with Gasteiger partial charge < -0.3 is 15.6 Å². The molecular formula is C8H12ClNO2. The van der Waals surface area contributed by atoms with E-state index in [0.717, 1.165) is 0 Å². The van der Waals surface area contributed by atoms with Gasteiger partial charge in [-0.3, -0.25) is 0 Å². The Labute approximate surface area is 77.6 Å². The molecule has 0 saturated carbocycles. The number of ether oxygens (including phenoxy) is 1. The van der Waals surface area contributed by atoms with Gasteiger partial charge >= 0.3 is 0 Å². The van der Waals surface area contributed by atoms with E-state index < -0.39 is 0 Å². The van der Waals surface area contributed by atoms with Gasteiger partial charge in [0.25, 0.3) is 0 Å². The molecule has 3 nitrogen and oxygen atoms in total. The molecule has 0 radical (unpaired) electrons. The van der Waals surface area contributed by atoms with Gasteiger partial charge in [0.2, 0.25) is 0 Å². The lowest BCUT2D eigenvalue weighted by molar-refractivity contribution is 0.318. The third-order valence-corrected chi connectivity index (χ3v) is 1.28. The van der Waals surface area contributed by atoms with Crippen molar-refractivity contribution >= 4 is 18.1 Å². The summed E-state index contributed by atoms with van der Waals surface area (Å²) >= 11 is 0. The molecule has 0 atom stereocenters. The third-order valence-electron chi connectivity index (χ3n) is 1.28. The van der Waals surface area contributed by atoms with Gasteiger partial charge in [0.05, 0.1) is 6.61 Å². The fourth-order valence-corrected chi connectivity index (χ4v) is 0.812. The molecule has 0 aliphatic carbocycles. The van der Waals surface area contributed by atoms with Crippen LogP contribution in [0.1, 0.15) is 6.92 Å². The summed E-state index contributed by atoms with van der Waals surface area (Å²) in [5, 5.41) is 9.22. The van der Waals surface area contributed by atoms with Gasteiger partial charge in [-0.1, -0.05) is 0 Å². The standard InChI is InChI=1S/C8H11NO2.ClH/c1-2-11-8-4-3-6(9)5-7(8)10;/h3-5,10H,2,9H2,1H3;1H. The maximum absolute atomic E-state index is 9.22. The number of anilines is 1. The number of benzene rings is 1. The summed E-state index contributed by atoms with van der Waals surface area (Å²) in [5.74, 6) is 0.563. The lowest BCUT2D eigenvalue weighted by atomic mass is 10.3. The van der Waals surface area contributed by atoms with Gasteiger partial charge in [-0.15, -0.1) is 12.4 Å². The SMILES string of the molecule is CCOc1ccc(N)cc1O.Cl. The molecule has 1 rings (SSSR count). The maximum atomic E-state index is 9.22. The van der Waals surface area contributed by atoms with Crippen molar-refractivity contribution in [2.45, 2.75) is 6.92 Å². The van der Waals surface area contributed by atoms with Crippen LogP contribution in [0.5, 0.6) is 11.5 Å². The van der Waals surface area contributed by atoms with Crippen molar-refractivity contribution in [2.75, 3.05) is 12.3 Å². The van der Waals surface area contributed by atoms with Crippen molar-refractivity contribution in [3.8, 4) is 11.5 Å². The summed E-state index contributed by atoms with van der Waals surface area (Å²) in [6, 6.07) is 4.80. The van der Waals surface area contributed by atoms with Crippen LogP contribution in [-0.4, -0.2) is 11.7 Å². The minimum atomic E-state index is 0. The molecule has 68 valence electrons. The Kier molecular flexibility index (Phi) is 4.29. The van der Waals surface area contributed by atoms with Crippen LogP contribution in [0.3, 0.4) is 0 Å². The lowest BCUT2D eigenvalue weighted by Crippen LogP contribution is -1.92. The van der Waals surface area contributed by atoms with E-state index in [2.05, 4.69) is 0 Å². The van der Waals surface area contributed by atoms with Crippen LogP contribution in [0, 0.1) is 0 Å². The van der Waals surface area contributed by atoms with Gasteiger partial charge in [-0.2, -0.15) is 0 Å². The van der Waals surface area contributed by atoms with E-state index in [-0.39, 0.29) is 18.2 Å². The first-order valence-corrected chi connectivity index (χ1v) is 3.45. The lowest BCUT2D eigenvalue weighted by Gasteiger charge is -2.04. The first-order chi connectivity index (χ1) is 5.24. The van der Waals surface area contributed by atoms with Crippen molar-refractivity contribution in [3.05, 3.63) is 18.2 Å². The second-order valence-corrected chi connectivity index (χ2v) is 2.16. The zero-order valence-electron chi connectivity index (χ0n) is 6.78. The predicted molar refractivity (Wildman–Crippen MR) is 50.9 cm³/mol. The smallest absolute Gasteiger partial charge is 0.161 e. The molecule has 1 aromatic rings. The van der Waals surface area contributed by atoms with Crippen molar-refractivity contribution in [1.82, 2.24) is 0 Å². The van der Waals surface area contributed by atoms with E-state index in [9.17, 15) is 5.11 Å². The largest absolute Gasteiger partial charge is 0.504 e. The van der Waals surface area contributed by atoms with E-state index in [4.69, 9.17) is 10.5 Å². The molecule has 1 aromatic carbocycles. The van der Waals surface area contributed by atoms with Crippen LogP contribution in [0.15, 0.2) is 18.2 Å². The molecule has 0 aliphatic heterocycles. The molecule has 0 heterocycles. The van der Waals surface area contributed by atoms with Gasteiger partial charge in [0.1, 0.15) is 0 Å². The van der Waals surface area contributed by atoms with Crippen molar-refractivity contribution < 1.29 is 9.84 Å². The van der Waals surface area contributed by atoms with E-state index >= 15 is 0 Å².